The lowest BCUT2D eigenvalue weighted by molar-refractivity contribution is 0.0243. The van der Waals surface area contributed by atoms with Gasteiger partial charge in [-0.2, -0.15) is 0 Å². The molecule has 0 amide bonds. The summed E-state index contributed by atoms with van der Waals surface area (Å²) in [4.78, 5) is 4.23. The van der Waals surface area contributed by atoms with E-state index in [2.05, 4.69) is 49.9 Å². The van der Waals surface area contributed by atoms with Gasteiger partial charge in [-0.3, -0.25) is 4.99 Å². The highest BCUT2D eigenvalue weighted by Crippen LogP contribution is 2.23. The van der Waals surface area contributed by atoms with Gasteiger partial charge in [0.2, 0.25) is 0 Å². The van der Waals surface area contributed by atoms with E-state index in [-0.39, 0.29) is 5.60 Å². The van der Waals surface area contributed by atoms with Gasteiger partial charge < -0.3 is 15.4 Å². The molecule has 1 atom stereocenters. The van der Waals surface area contributed by atoms with Crippen molar-refractivity contribution in [1.82, 2.24) is 10.6 Å². The van der Waals surface area contributed by atoms with E-state index in [1.54, 1.807) is 18.4 Å². The van der Waals surface area contributed by atoms with E-state index in [1.807, 2.05) is 0 Å². The molecule has 2 heterocycles. The molecule has 1 unspecified atom stereocenters. The second-order valence-corrected chi connectivity index (χ2v) is 7.23. The molecule has 1 saturated heterocycles. The average Bonchev–Trinajstić information content (AvgIpc) is 2.99. The quantitative estimate of drug-likeness (QED) is 0.651. The zero-order valence-corrected chi connectivity index (χ0v) is 13.7. The minimum Gasteiger partial charge on any atom is -0.373 e. The van der Waals surface area contributed by atoms with E-state index >= 15 is 0 Å². The van der Waals surface area contributed by atoms with Crippen molar-refractivity contribution in [2.45, 2.75) is 31.9 Å². The molecule has 19 heavy (non-hydrogen) atoms. The summed E-state index contributed by atoms with van der Waals surface area (Å²) in [5.41, 5.74) is 1.20. The standard InChI is InChI=1S/C13H20BrN3OS/c1-13(4-3-5-18-13)9-17-12(15-2)16-7-10-6-11(14)19-8-10/h6,8H,3-5,7,9H2,1-2H3,(H2,15,16,17). The Morgan fingerprint density at radius 3 is 3.00 bits per heavy atom. The van der Waals surface area contributed by atoms with Gasteiger partial charge >= 0.3 is 0 Å². The third-order valence-electron chi connectivity index (χ3n) is 3.24. The maximum atomic E-state index is 5.75. The third kappa shape index (κ3) is 4.47. The van der Waals surface area contributed by atoms with Gasteiger partial charge in [0.15, 0.2) is 5.96 Å². The first-order valence-corrected chi connectivity index (χ1v) is 8.10. The minimum atomic E-state index is -0.0526. The molecule has 2 rings (SSSR count). The molecule has 1 aliphatic rings. The molecule has 6 heteroatoms. The molecule has 1 aromatic heterocycles. The van der Waals surface area contributed by atoms with Crippen LogP contribution in [0.1, 0.15) is 25.3 Å². The van der Waals surface area contributed by atoms with Crippen molar-refractivity contribution in [2.24, 2.45) is 4.99 Å². The first kappa shape index (κ1) is 14.8. The maximum Gasteiger partial charge on any atom is 0.191 e. The summed E-state index contributed by atoms with van der Waals surface area (Å²) in [5, 5.41) is 8.77. The number of guanidine groups is 1. The Hall–Kier alpha value is -0.590. The number of rotatable bonds is 4. The molecule has 4 nitrogen and oxygen atoms in total. The van der Waals surface area contributed by atoms with Crippen LogP contribution in [0.5, 0.6) is 0 Å². The van der Waals surface area contributed by atoms with Gasteiger partial charge in [0.1, 0.15) is 0 Å². The van der Waals surface area contributed by atoms with Crippen LogP contribution < -0.4 is 10.6 Å². The molecule has 1 fully saturated rings. The van der Waals surface area contributed by atoms with Crippen molar-refractivity contribution in [1.29, 1.82) is 0 Å². The molecular formula is C13H20BrN3OS. The Balaban J connectivity index is 1.77. The van der Waals surface area contributed by atoms with E-state index in [1.165, 1.54) is 5.56 Å². The van der Waals surface area contributed by atoms with Gasteiger partial charge in [-0.1, -0.05) is 0 Å². The van der Waals surface area contributed by atoms with Gasteiger partial charge in [-0.05, 0) is 52.7 Å². The van der Waals surface area contributed by atoms with Crippen LogP contribution >= 0.6 is 27.3 Å². The molecule has 0 bridgehead atoms. The highest BCUT2D eigenvalue weighted by Gasteiger charge is 2.29. The van der Waals surface area contributed by atoms with Gasteiger partial charge in [0, 0.05) is 26.7 Å². The summed E-state index contributed by atoms with van der Waals surface area (Å²) in [5.74, 6) is 0.819. The molecule has 0 aromatic carbocycles. The summed E-state index contributed by atoms with van der Waals surface area (Å²) in [7, 11) is 1.79. The van der Waals surface area contributed by atoms with Crippen molar-refractivity contribution in [3.63, 3.8) is 0 Å². The monoisotopic (exact) mass is 345 g/mol. The number of aliphatic imine (C=N–C) groups is 1. The van der Waals surface area contributed by atoms with Crippen LogP contribution in [0.4, 0.5) is 0 Å². The SMILES string of the molecule is CN=C(NCc1csc(Br)c1)NCC1(C)CCCO1. The number of thiophene rings is 1. The fraction of sp³-hybridized carbons (Fsp3) is 0.615. The second-order valence-electron chi connectivity index (χ2n) is 4.94. The normalized spacial score (nSPS) is 23.6. The van der Waals surface area contributed by atoms with E-state index in [0.717, 1.165) is 42.3 Å². The van der Waals surface area contributed by atoms with E-state index in [9.17, 15) is 0 Å². The lowest BCUT2D eigenvalue weighted by Gasteiger charge is -2.24. The van der Waals surface area contributed by atoms with Gasteiger partial charge in [-0.15, -0.1) is 11.3 Å². The smallest absolute Gasteiger partial charge is 0.191 e. The predicted molar refractivity (Wildman–Crippen MR) is 83.8 cm³/mol. The van der Waals surface area contributed by atoms with E-state index in [0.29, 0.717) is 0 Å². The van der Waals surface area contributed by atoms with Crippen LogP contribution in [0.2, 0.25) is 0 Å². The fourth-order valence-electron chi connectivity index (χ4n) is 2.09. The van der Waals surface area contributed by atoms with Crippen molar-refractivity contribution < 1.29 is 4.74 Å². The van der Waals surface area contributed by atoms with Crippen molar-refractivity contribution in [3.8, 4) is 0 Å². The Labute approximate surface area is 126 Å². The first-order chi connectivity index (χ1) is 9.11. The Morgan fingerprint density at radius 2 is 2.42 bits per heavy atom. The molecular weight excluding hydrogens is 326 g/mol. The van der Waals surface area contributed by atoms with E-state index < -0.39 is 0 Å². The highest BCUT2D eigenvalue weighted by atomic mass is 79.9. The molecule has 2 N–H and O–H groups in total. The highest BCUT2D eigenvalue weighted by molar-refractivity contribution is 9.11. The summed E-state index contributed by atoms with van der Waals surface area (Å²) in [6, 6.07) is 2.12. The lowest BCUT2D eigenvalue weighted by Crippen LogP contribution is -2.45. The Morgan fingerprint density at radius 1 is 1.58 bits per heavy atom. The Bertz CT molecular complexity index is 441. The number of halogens is 1. The number of hydrogen-bond acceptors (Lipinski definition) is 3. The molecule has 106 valence electrons. The van der Waals surface area contributed by atoms with Crippen molar-refractivity contribution in [2.75, 3.05) is 20.2 Å². The summed E-state index contributed by atoms with van der Waals surface area (Å²) in [6.07, 6.45) is 2.25. The molecule has 1 aliphatic heterocycles. The maximum absolute atomic E-state index is 5.75. The van der Waals surface area contributed by atoms with Gasteiger partial charge in [0.25, 0.3) is 0 Å². The van der Waals surface area contributed by atoms with Crippen molar-refractivity contribution >= 4 is 33.2 Å². The summed E-state index contributed by atoms with van der Waals surface area (Å²) >= 11 is 5.16. The predicted octanol–water partition coefficient (Wildman–Crippen LogP) is 2.74. The van der Waals surface area contributed by atoms with Crippen LogP contribution in [-0.4, -0.2) is 31.8 Å². The van der Waals surface area contributed by atoms with Crippen LogP contribution in [-0.2, 0) is 11.3 Å². The molecule has 0 spiro atoms. The summed E-state index contributed by atoms with van der Waals surface area (Å²) < 4.78 is 6.90. The number of hydrogen-bond donors (Lipinski definition) is 2. The van der Waals surface area contributed by atoms with E-state index in [4.69, 9.17) is 4.74 Å². The largest absolute Gasteiger partial charge is 0.373 e. The van der Waals surface area contributed by atoms with Crippen LogP contribution in [0.25, 0.3) is 0 Å². The number of nitrogens with zero attached hydrogens (tertiary/aromatic N) is 1. The lowest BCUT2D eigenvalue weighted by atomic mass is 10.0. The van der Waals surface area contributed by atoms with Crippen LogP contribution in [0.3, 0.4) is 0 Å². The fourth-order valence-corrected chi connectivity index (χ4v) is 3.30. The zero-order chi connectivity index (χ0) is 13.7. The zero-order valence-electron chi connectivity index (χ0n) is 11.3. The third-order valence-corrected chi connectivity index (χ3v) is 4.79. The first-order valence-electron chi connectivity index (χ1n) is 6.43. The van der Waals surface area contributed by atoms with Crippen molar-refractivity contribution in [3.05, 3.63) is 20.8 Å². The van der Waals surface area contributed by atoms with Crippen LogP contribution in [0, 0.1) is 0 Å². The second kappa shape index (κ2) is 6.72. The number of ether oxygens (including phenoxy) is 1. The molecule has 0 saturated carbocycles. The topological polar surface area (TPSA) is 45.7 Å². The molecule has 1 aromatic rings. The minimum absolute atomic E-state index is 0.0526. The van der Waals surface area contributed by atoms with Gasteiger partial charge in [-0.25, -0.2) is 0 Å². The number of nitrogens with one attached hydrogen (secondary N) is 2. The average molecular weight is 346 g/mol. The molecule has 0 radical (unpaired) electrons. The Kier molecular flexibility index (Phi) is 5.24. The summed E-state index contributed by atoms with van der Waals surface area (Å²) in [6.45, 7) is 4.59. The van der Waals surface area contributed by atoms with Gasteiger partial charge in [0.05, 0.1) is 9.39 Å². The van der Waals surface area contributed by atoms with Crippen LogP contribution in [0.15, 0.2) is 20.2 Å². The molecule has 0 aliphatic carbocycles.